The molecule has 2 rings (SSSR count). The first kappa shape index (κ1) is 13.6. The molecule has 0 radical (unpaired) electrons. The van der Waals surface area contributed by atoms with E-state index in [9.17, 15) is 0 Å². The van der Waals surface area contributed by atoms with E-state index in [0.717, 1.165) is 16.9 Å². The topological polar surface area (TPSA) is 35.2 Å². The highest BCUT2D eigenvalue weighted by Gasteiger charge is 2.09. The largest absolute Gasteiger partial charge is 0.494 e. The van der Waals surface area contributed by atoms with Gasteiger partial charge in [0.1, 0.15) is 5.75 Å². The standard InChI is InChI=1S/C17H21NO/c1-4-19-16-9-7-14(8-10-16)17(18)15-6-5-12(2)13(3)11-15/h5-11,17H,4,18H2,1-3H3. The van der Waals surface area contributed by atoms with Gasteiger partial charge in [-0.25, -0.2) is 0 Å². The summed E-state index contributed by atoms with van der Waals surface area (Å²) in [7, 11) is 0. The second kappa shape index (κ2) is 5.89. The monoisotopic (exact) mass is 255 g/mol. The number of aryl methyl sites for hydroxylation is 2. The Balaban J connectivity index is 2.22. The Kier molecular flexibility index (Phi) is 4.23. The van der Waals surface area contributed by atoms with Gasteiger partial charge >= 0.3 is 0 Å². The van der Waals surface area contributed by atoms with Gasteiger partial charge in [-0.05, 0) is 55.2 Å². The van der Waals surface area contributed by atoms with Gasteiger partial charge in [-0.15, -0.1) is 0 Å². The molecule has 0 heterocycles. The summed E-state index contributed by atoms with van der Waals surface area (Å²) >= 11 is 0. The molecule has 0 aliphatic heterocycles. The Morgan fingerprint density at radius 1 is 0.947 bits per heavy atom. The average Bonchev–Trinajstić information content (AvgIpc) is 2.42. The van der Waals surface area contributed by atoms with Crippen LogP contribution in [-0.4, -0.2) is 6.61 Å². The fourth-order valence-electron chi connectivity index (χ4n) is 2.09. The minimum atomic E-state index is -0.0880. The lowest BCUT2D eigenvalue weighted by molar-refractivity contribution is 0.340. The molecule has 100 valence electrons. The van der Waals surface area contributed by atoms with Crippen LogP contribution in [0, 0.1) is 13.8 Å². The molecule has 0 aliphatic rings. The van der Waals surface area contributed by atoms with Crippen molar-refractivity contribution in [3.05, 3.63) is 64.7 Å². The number of rotatable bonds is 4. The van der Waals surface area contributed by atoms with Crippen molar-refractivity contribution in [2.45, 2.75) is 26.8 Å². The Bertz CT molecular complexity index is 546. The van der Waals surface area contributed by atoms with Gasteiger partial charge in [0.15, 0.2) is 0 Å². The van der Waals surface area contributed by atoms with Crippen LogP contribution in [0.3, 0.4) is 0 Å². The lowest BCUT2D eigenvalue weighted by atomic mass is 9.96. The van der Waals surface area contributed by atoms with E-state index in [2.05, 4.69) is 32.0 Å². The number of nitrogens with two attached hydrogens (primary N) is 1. The molecule has 19 heavy (non-hydrogen) atoms. The van der Waals surface area contributed by atoms with Crippen molar-refractivity contribution in [2.24, 2.45) is 5.73 Å². The zero-order valence-electron chi connectivity index (χ0n) is 11.8. The Morgan fingerprint density at radius 3 is 2.16 bits per heavy atom. The quantitative estimate of drug-likeness (QED) is 0.903. The highest BCUT2D eigenvalue weighted by molar-refractivity contribution is 5.38. The Labute approximate surface area is 115 Å². The molecule has 2 nitrogen and oxygen atoms in total. The smallest absolute Gasteiger partial charge is 0.119 e. The molecule has 2 N–H and O–H groups in total. The minimum absolute atomic E-state index is 0.0880. The van der Waals surface area contributed by atoms with Crippen LogP contribution in [0.15, 0.2) is 42.5 Å². The fraction of sp³-hybridized carbons (Fsp3) is 0.294. The highest BCUT2D eigenvalue weighted by atomic mass is 16.5. The van der Waals surface area contributed by atoms with Crippen LogP contribution in [0.25, 0.3) is 0 Å². The first-order valence-electron chi connectivity index (χ1n) is 6.67. The molecule has 2 aromatic carbocycles. The molecule has 1 atom stereocenters. The van der Waals surface area contributed by atoms with E-state index in [0.29, 0.717) is 6.61 Å². The van der Waals surface area contributed by atoms with E-state index in [1.807, 2.05) is 31.2 Å². The predicted octanol–water partition coefficient (Wildman–Crippen LogP) is 3.75. The van der Waals surface area contributed by atoms with E-state index < -0.39 is 0 Å². The fourth-order valence-corrected chi connectivity index (χ4v) is 2.09. The molecule has 0 aliphatic carbocycles. The third-order valence-corrected chi connectivity index (χ3v) is 3.44. The van der Waals surface area contributed by atoms with Crippen LogP contribution in [0.1, 0.15) is 35.2 Å². The van der Waals surface area contributed by atoms with E-state index in [1.165, 1.54) is 11.1 Å². The van der Waals surface area contributed by atoms with Crippen molar-refractivity contribution in [3.63, 3.8) is 0 Å². The van der Waals surface area contributed by atoms with E-state index in [4.69, 9.17) is 10.5 Å². The van der Waals surface area contributed by atoms with Crippen LogP contribution < -0.4 is 10.5 Å². The van der Waals surface area contributed by atoms with Crippen molar-refractivity contribution < 1.29 is 4.74 Å². The first-order valence-corrected chi connectivity index (χ1v) is 6.67. The van der Waals surface area contributed by atoms with Crippen molar-refractivity contribution in [3.8, 4) is 5.75 Å². The van der Waals surface area contributed by atoms with Crippen molar-refractivity contribution in [2.75, 3.05) is 6.61 Å². The summed E-state index contributed by atoms with van der Waals surface area (Å²) in [5.41, 5.74) is 11.1. The highest BCUT2D eigenvalue weighted by Crippen LogP contribution is 2.23. The van der Waals surface area contributed by atoms with Gasteiger partial charge in [-0.2, -0.15) is 0 Å². The van der Waals surface area contributed by atoms with E-state index in [1.54, 1.807) is 0 Å². The van der Waals surface area contributed by atoms with Gasteiger partial charge in [0.2, 0.25) is 0 Å². The van der Waals surface area contributed by atoms with E-state index in [-0.39, 0.29) is 6.04 Å². The van der Waals surface area contributed by atoms with Crippen molar-refractivity contribution in [1.82, 2.24) is 0 Å². The van der Waals surface area contributed by atoms with Gasteiger partial charge in [-0.1, -0.05) is 30.3 Å². The number of hydrogen-bond acceptors (Lipinski definition) is 2. The normalized spacial score (nSPS) is 12.2. The third kappa shape index (κ3) is 3.15. The summed E-state index contributed by atoms with van der Waals surface area (Å²) in [6.07, 6.45) is 0. The average molecular weight is 255 g/mol. The molecule has 0 saturated heterocycles. The lowest BCUT2D eigenvalue weighted by Crippen LogP contribution is -2.12. The molecule has 0 amide bonds. The van der Waals surface area contributed by atoms with Crippen LogP contribution >= 0.6 is 0 Å². The maximum atomic E-state index is 6.32. The molecule has 0 spiro atoms. The van der Waals surface area contributed by atoms with Gasteiger partial charge in [0.25, 0.3) is 0 Å². The second-order valence-electron chi connectivity index (χ2n) is 4.82. The third-order valence-electron chi connectivity index (χ3n) is 3.44. The number of benzene rings is 2. The molecule has 0 aromatic heterocycles. The summed E-state index contributed by atoms with van der Waals surface area (Å²) in [6.45, 7) is 6.89. The molecular formula is C17H21NO. The molecule has 1 unspecified atom stereocenters. The number of ether oxygens (including phenoxy) is 1. The molecule has 2 heteroatoms. The SMILES string of the molecule is CCOc1ccc(C(N)c2ccc(C)c(C)c2)cc1. The Hall–Kier alpha value is -1.80. The van der Waals surface area contributed by atoms with Crippen LogP contribution in [0.2, 0.25) is 0 Å². The van der Waals surface area contributed by atoms with Gasteiger partial charge in [-0.3, -0.25) is 0 Å². The van der Waals surface area contributed by atoms with E-state index >= 15 is 0 Å². The maximum absolute atomic E-state index is 6.32. The second-order valence-corrected chi connectivity index (χ2v) is 4.82. The van der Waals surface area contributed by atoms with Crippen LogP contribution in [0.4, 0.5) is 0 Å². The summed E-state index contributed by atoms with van der Waals surface area (Å²) in [5, 5.41) is 0. The molecule has 0 bridgehead atoms. The zero-order chi connectivity index (χ0) is 13.8. The van der Waals surface area contributed by atoms with Crippen LogP contribution in [0.5, 0.6) is 5.75 Å². The van der Waals surface area contributed by atoms with Crippen molar-refractivity contribution >= 4 is 0 Å². The summed E-state index contributed by atoms with van der Waals surface area (Å²) in [4.78, 5) is 0. The Morgan fingerprint density at radius 2 is 1.58 bits per heavy atom. The molecule has 2 aromatic rings. The maximum Gasteiger partial charge on any atom is 0.119 e. The predicted molar refractivity (Wildman–Crippen MR) is 79.6 cm³/mol. The molecular weight excluding hydrogens is 234 g/mol. The minimum Gasteiger partial charge on any atom is -0.494 e. The summed E-state index contributed by atoms with van der Waals surface area (Å²) in [5.74, 6) is 0.888. The van der Waals surface area contributed by atoms with Crippen LogP contribution in [-0.2, 0) is 0 Å². The van der Waals surface area contributed by atoms with Gasteiger partial charge < -0.3 is 10.5 Å². The summed E-state index contributed by atoms with van der Waals surface area (Å²) < 4.78 is 5.44. The van der Waals surface area contributed by atoms with Gasteiger partial charge in [0, 0.05) is 0 Å². The lowest BCUT2D eigenvalue weighted by Gasteiger charge is -2.15. The van der Waals surface area contributed by atoms with Gasteiger partial charge in [0.05, 0.1) is 12.6 Å². The molecule has 0 saturated carbocycles. The zero-order valence-corrected chi connectivity index (χ0v) is 11.8. The first-order chi connectivity index (χ1) is 9.11. The molecule has 0 fully saturated rings. The van der Waals surface area contributed by atoms with Crippen molar-refractivity contribution in [1.29, 1.82) is 0 Å². The summed E-state index contributed by atoms with van der Waals surface area (Å²) in [6, 6.07) is 14.3. The number of hydrogen-bond donors (Lipinski definition) is 1.